The number of nitrogens with two attached hydrogens (primary N) is 1. The van der Waals surface area contributed by atoms with Crippen molar-refractivity contribution in [3.8, 4) is 5.75 Å². The van der Waals surface area contributed by atoms with Gasteiger partial charge in [-0.05, 0) is 25.3 Å². The Bertz CT molecular complexity index is 446. The molecule has 2 atom stereocenters. The molecule has 0 bridgehead atoms. The number of nitrogens with zero attached hydrogens (tertiary/aromatic N) is 1. The Labute approximate surface area is 114 Å². The molecular formula is C15H22N2O2. The van der Waals surface area contributed by atoms with Crippen LogP contribution in [0, 0.1) is 5.92 Å². The van der Waals surface area contributed by atoms with Gasteiger partial charge in [0, 0.05) is 24.7 Å². The van der Waals surface area contributed by atoms with Crippen LogP contribution in [0.25, 0.3) is 0 Å². The third kappa shape index (κ3) is 3.26. The minimum absolute atomic E-state index is 0.157. The van der Waals surface area contributed by atoms with E-state index in [0.717, 1.165) is 30.8 Å². The Morgan fingerprint density at radius 3 is 2.89 bits per heavy atom. The Morgan fingerprint density at radius 2 is 2.26 bits per heavy atom. The lowest BCUT2D eigenvalue weighted by Gasteiger charge is -2.18. The average Bonchev–Trinajstić information content (AvgIpc) is 2.89. The molecule has 1 aliphatic rings. The molecule has 4 nitrogen and oxygen atoms in total. The fourth-order valence-electron chi connectivity index (χ4n) is 2.57. The van der Waals surface area contributed by atoms with Crippen LogP contribution in [0.2, 0.25) is 0 Å². The van der Waals surface area contributed by atoms with Crippen molar-refractivity contribution in [2.45, 2.75) is 25.8 Å². The molecule has 104 valence electrons. The SMILES string of the molecule is COc1ccccc1CC(=O)N1CCC(C(C)N)C1. The molecule has 19 heavy (non-hydrogen) atoms. The summed E-state index contributed by atoms with van der Waals surface area (Å²) in [4.78, 5) is 14.2. The topological polar surface area (TPSA) is 55.6 Å². The van der Waals surface area contributed by atoms with E-state index in [2.05, 4.69) is 0 Å². The fraction of sp³-hybridized carbons (Fsp3) is 0.533. The molecule has 1 fully saturated rings. The van der Waals surface area contributed by atoms with Crippen molar-refractivity contribution in [3.63, 3.8) is 0 Å². The number of benzene rings is 1. The molecule has 2 N–H and O–H groups in total. The number of ether oxygens (including phenoxy) is 1. The highest BCUT2D eigenvalue weighted by Gasteiger charge is 2.28. The van der Waals surface area contributed by atoms with Gasteiger partial charge in [-0.3, -0.25) is 4.79 Å². The Kier molecular flexibility index (Phi) is 4.43. The second-order valence-electron chi connectivity index (χ2n) is 5.24. The Hall–Kier alpha value is -1.55. The second kappa shape index (κ2) is 6.06. The fourth-order valence-corrected chi connectivity index (χ4v) is 2.57. The normalized spacial score (nSPS) is 20.4. The van der Waals surface area contributed by atoms with E-state index < -0.39 is 0 Å². The van der Waals surface area contributed by atoms with Crippen molar-refractivity contribution in [1.29, 1.82) is 0 Å². The number of rotatable bonds is 4. The molecule has 1 amide bonds. The summed E-state index contributed by atoms with van der Waals surface area (Å²) in [5.41, 5.74) is 6.84. The highest BCUT2D eigenvalue weighted by atomic mass is 16.5. The zero-order valence-corrected chi connectivity index (χ0v) is 11.6. The number of para-hydroxylation sites is 1. The molecule has 1 aromatic rings. The van der Waals surface area contributed by atoms with E-state index in [4.69, 9.17) is 10.5 Å². The van der Waals surface area contributed by atoms with Crippen LogP contribution in [0.5, 0.6) is 5.75 Å². The molecule has 0 aliphatic carbocycles. The lowest BCUT2D eigenvalue weighted by atomic mass is 10.0. The summed E-state index contributed by atoms with van der Waals surface area (Å²) >= 11 is 0. The summed E-state index contributed by atoms with van der Waals surface area (Å²) in [5.74, 6) is 1.37. The first kappa shape index (κ1) is 13.9. The molecule has 0 radical (unpaired) electrons. The van der Waals surface area contributed by atoms with Crippen LogP contribution >= 0.6 is 0 Å². The van der Waals surface area contributed by atoms with Gasteiger partial charge in [-0.25, -0.2) is 0 Å². The number of methoxy groups -OCH3 is 1. The van der Waals surface area contributed by atoms with E-state index in [1.165, 1.54) is 0 Å². The van der Waals surface area contributed by atoms with Gasteiger partial charge in [-0.1, -0.05) is 18.2 Å². The smallest absolute Gasteiger partial charge is 0.227 e. The summed E-state index contributed by atoms with van der Waals surface area (Å²) in [5, 5.41) is 0. The maximum absolute atomic E-state index is 12.3. The zero-order valence-electron chi connectivity index (χ0n) is 11.6. The molecule has 1 saturated heterocycles. The van der Waals surface area contributed by atoms with Crippen LogP contribution in [-0.4, -0.2) is 37.0 Å². The molecule has 2 rings (SSSR count). The third-order valence-corrected chi connectivity index (χ3v) is 3.86. The van der Waals surface area contributed by atoms with Gasteiger partial charge >= 0.3 is 0 Å². The molecule has 2 unspecified atom stereocenters. The van der Waals surface area contributed by atoms with Crippen molar-refractivity contribution in [2.24, 2.45) is 11.7 Å². The minimum Gasteiger partial charge on any atom is -0.496 e. The highest BCUT2D eigenvalue weighted by molar-refractivity contribution is 5.79. The van der Waals surface area contributed by atoms with Crippen molar-refractivity contribution in [2.75, 3.05) is 20.2 Å². The van der Waals surface area contributed by atoms with Gasteiger partial charge in [0.15, 0.2) is 0 Å². The van der Waals surface area contributed by atoms with E-state index in [-0.39, 0.29) is 11.9 Å². The number of carbonyl (C=O) groups excluding carboxylic acids is 1. The quantitative estimate of drug-likeness (QED) is 0.893. The van der Waals surface area contributed by atoms with Crippen LogP contribution in [0.15, 0.2) is 24.3 Å². The summed E-state index contributed by atoms with van der Waals surface area (Å²) < 4.78 is 5.28. The molecule has 0 aromatic heterocycles. The van der Waals surface area contributed by atoms with Crippen LogP contribution in [0.1, 0.15) is 18.9 Å². The third-order valence-electron chi connectivity index (χ3n) is 3.86. The van der Waals surface area contributed by atoms with Gasteiger partial charge in [-0.15, -0.1) is 0 Å². The van der Waals surface area contributed by atoms with Crippen LogP contribution in [-0.2, 0) is 11.2 Å². The predicted octanol–water partition coefficient (Wildman–Crippen LogP) is 1.43. The lowest BCUT2D eigenvalue weighted by molar-refractivity contribution is -0.129. The molecule has 1 aromatic carbocycles. The molecule has 4 heteroatoms. The van der Waals surface area contributed by atoms with Gasteiger partial charge in [0.2, 0.25) is 5.91 Å². The highest BCUT2D eigenvalue weighted by Crippen LogP contribution is 2.22. The van der Waals surface area contributed by atoms with Crippen LogP contribution in [0.4, 0.5) is 0 Å². The maximum Gasteiger partial charge on any atom is 0.227 e. The monoisotopic (exact) mass is 262 g/mol. The van der Waals surface area contributed by atoms with E-state index in [1.54, 1.807) is 7.11 Å². The second-order valence-corrected chi connectivity index (χ2v) is 5.24. The van der Waals surface area contributed by atoms with Crippen LogP contribution < -0.4 is 10.5 Å². The van der Waals surface area contributed by atoms with Crippen molar-refractivity contribution >= 4 is 5.91 Å². The maximum atomic E-state index is 12.3. The lowest BCUT2D eigenvalue weighted by Crippen LogP contribution is -2.33. The number of likely N-dealkylation sites (tertiary alicyclic amines) is 1. The number of amides is 1. The predicted molar refractivity (Wildman–Crippen MR) is 75.0 cm³/mol. The first-order valence-electron chi connectivity index (χ1n) is 6.77. The molecule has 1 aliphatic heterocycles. The standard InChI is InChI=1S/C15H22N2O2/c1-11(16)13-7-8-17(10-13)15(18)9-12-5-3-4-6-14(12)19-2/h3-6,11,13H,7-10,16H2,1-2H3. The number of hydrogen-bond donors (Lipinski definition) is 1. The first-order chi connectivity index (χ1) is 9.11. The zero-order chi connectivity index (χ0) is 13.8. The Balaban J connectivity index is 1.98. The summed E-state index contributed by atoms with van der Waals surface area (Å²) in [6, 6.07) is 7.83. The molecule has 0 spiro atoms. The van der Waals surface area contributed by atoms with Gasteiger partial charge in [0.25, 0.3) is 0 Å². The number of hydrogen-bond acceptors (Lipinski definition) is 3. The first-order valence-corrected chi connectivity index (χ1v) is 6.77. The molecule has 1 heterocycles. The van der Waals surface area contributed by atoms with Crippen molar-refractivity contribution < 1.29 is 9.53 Å². The van der Waals surface area contributed by atoms with E-state index in [0.29, 0.717) is 12.3 Å². The minimum atomic E-state index is 0.157. The molecular weight excluding hydrogens is 240 g/mol. The van der Waals surface area contributed by atoms with Crippen molar-refractivity contribution in [3.05, 3.63) is 29.8 Å². The van der Waals surface area contributed by atoms with E-state index in [1.807, 2.05) is 36.1 Å². The molecule has 0 saturated carbocycles. The van der Waals surface area contributed by atoms with E-state index in [9.17, 15) is 4.79 Å². The average molecular weight is 262 g/mol. The van der Waals surface area contributed by atoms with Gasteiger partial charge in [0.05, 0.1) is 13.5 Å². The van der Waals surface area contributed by atoms with Crippen molar-refractivity contribution in [1.82, 2.24) is 4.90 Å². The summed E-state index contributed by atoms with van der Waals surface area (Å²) in [6.07, 6.45) is 1.41. The summed E-state index contributed by atoms with van der Waals surface area (Å²) in [7, 11) is 1.63. The van der Waals surface area contributed by atoms with Gasteiger partial charge in [0.1, 0.15) is 5.75 Å². The largest absolute Gasteiger partial charge is 0.496 e. The number of carbonyl (C=O) groups is 1. The Morgan fingerprint density at radius 1 is 1.53 bits per heavy atom. The van der Waals surface area contributed by atoms with Crippen LogP contribution in [0.3, 0.4) is 0 Å². The summed E-state index contributed by atoms with van der Waals surface area (Å²) in [6.45, 7) is 3.62. The van der Waals surface area contributed by atoms with E-state index >= 15 is 0 Å². The van der Waals surface area contributed by atoms with Gasteiger partial charge in [-0.2, -0.15) is 0 Å². The van der Waals surface area contributed by atoms with Gasteiger partial charge < -0.3 is 15.4 Å².